The number of amides is 3. The molecule has 4 unspecified atom stereocenters. The molecule has 1 aromatic heterocycles. The van der Waals surface area contributed by atoms with Crippen LogP contribution in [0.15, 0.2) is 12.5 Å². The van der Waals surface area contributed by atoms with Gasteiger partial charge in [-0.05, 0) is 38.6 Å². The van der Waals surface area contributed by atoms with E-state index in [0.717, 1.165) is 0 Å². The first kappa shape index (κ1) is 27.7. The Morgan fingerprint density at radius 2 is 1.91 bits per heavy atom. The van der Waals surface area contributed by atoms with Crippen LogP contribution >= 0.6 is 0 Å². The van der Waals surface area contributed by atoms with Crippen LogP contribution < -0.4 is 22.1 Å². The summed E-state index contributed by atoms with van der Waals surface area (Å²) in [4.78, 5) is 69.3. The highest BCUT2D eigenvalue weighted by Gasteiger charge is 2.39. The van der Waals surface area contributed by atoms with Gasteiger partial charge in [0.1, 0.15) is 18.1 Å². The third-order valence-corrected chi connectivity index (χ3v) is 5.72. The number of carbonyl (C=O) groups is 5. The van der Waals surface area contributed by atoms with Gasteiger partial charge in [0, 0.05) is 24.9 Å². The molecule has 14 nitrogen and oxygen atoms in total. The summed E-state index contributed by atoms with van der Waals surface area (Å²) in [6.07, 6.45) is 4.45. The zero-order valence-electron chi connectivity index (χ0n) is 19.3. The Morgan fingerprint density at radius 3 is 2.51 bits per heavy atom. The van der Waals surface area contributed by atoms with E-state index in [1.807, 2.05) is 0 Å². The van der Waals surface area contributed by atoms with Crippen molar-refractivity contribution >= 4 is 29.7 Å². The first-order valence-electron chi connectivity index (χ1n) is 11.4. The van der Waals surface area contributed by atoms with E-state index in [0.29, 0.717) is 37.9 Å². The van der Waals surface area contributed by atoms with E-state index < -0.39 is 60.2 Å². The monoisotopic (exact) mass is 495 g/mol. The predicted octanol–water partition coefficient (Wildman–Crippen LogP) is -2.07. The van der Waals surface area contributed by atoms with Crippen LogP contribution in [0.4, 0.5) is 0 Å². The number of likely N-dealkylation sites (tertiary alicyclic amines) is 1. The Labute approximate surface area is 201 Å². The molecule has 0 bridgehead atoms. The summed E-state index contributed by atoms with van der Waals surface area (Å²) in [7, 11) is 0. The Balaban J connectivity index is 2.14. The van der Waals surface area contributed by atoms with Crippen molar-refractivity contribution in [3.8, 4) is 0 Å². The summed E-state index contributed by atoms with van der Waals surface area (Å²) >= 11 is 0. The number of carboxylic acid groups (broad SMARTS) is 2. The standard InChI is InChI=1S/C21H33N7O7/c22-6-2-1-4-14(21(34)35)26-19(32)16-5-3-7-28(16)20(33)15(8-12-10-24-11-25-12)27-18(31)13(23)9-17(29)30/h10-11,13-16H,1-9,22-23H2,(H,24,25)(H,26,32)(H,27,31)(H,29,30)(H,34,35). The molecular weight excluding hydrogens is 462 g/mol. The van der Waals surface area contributed by atoms with Gasteiger partial charge >= 0.3 is 11.9 Å². The fourth-order valence-corrected chi connectivity index (χ4v) is 3.90. The molecular formula is C21H33N7O7. The van der Waals surface area contributed by atoms with Crippen LogP contribution in [-0.2, 0) is 30.4 Å². The fourth-order valence-electron chi connectivity index (χ4n) is 3.90. The van der Waals surface area contributed by atoms with Crippen molar-refractivity contribution in [2.24, 2.45) is 11.5 Å². The minimum Gasteiger partial charge on any atom is -0.481 e. The zero-order chi connectivity index (χ0) is 26.0. The molecule has 2 heterocycles. The molecule has 0 radical (unpaired) electrons. The van der Waals surface area contributed by atoms with E-state index in [-0.39, 0.29) is 19.4 Å². The molecule has 9 N–H and O–H groups in total. The number of carboxylic acids is 2. The number of unbranched alkanes of at least 4 members (excludes halogenated alkanes) is 1. The number of hydrogen-bond donors (Lipinski definition) is 7. The number of nitrogens with zero attached hydrogens (tertiary/aromatic N) is 2. The highest BCUT2D eigenvalue weighted by atomic mass is 16.4. The smallest absolute Gasteiger partial charge is 0.326 e. The van der Waals surface area contributed by atoms with E-state index in [1.54, 1.807) is 0 Å². The molecule has 1 aliphatic heterocycles. The molecule has 1 saturated heterocycles. The molecule has 1 fully saturated rings. The first-order chi connectivity index (χ1) is 16.6. The Morgan fingerprint density at radius 1 is 1.17 bits per heavy atom. The fraction of sp³-hybridized carbons (Fsp3) is 0.619. The van der Waals surface area contributed by atoms with Gasteiger partial charge in [-0.2, -0.15) is 0 Å². The highest BCUT2D eigenvalue weighted by Crippen LogP contribution is 2.20. The average molecular weight is 496 g/mol. The van der Waals surface area contributed by atoms with Gasteiger partial charge in [0.2, 0.25) is 17.7 Å². The number of rotatable bonds is 14. The zero-order valence-corrected chi connectivity index (χ0v) is 19.3. The topological polar surface area (TPSA) is 234 Å². The normalized spacial score (nSPS) is 17.9. The summed E-state index contributed by atoms with van der Waals surface area (Å²) < 4.78 is 0. The van der Waals surface area contributed by atoms with Gasteiger partial charge in [-0.15, -0.1) is 0 Å². The molecule has 0 spiro atoms. The number of nitrogens with two attached hydrogens (primary N) is 2. The second kappa shape index (κ2) is 13.4. The van der Waals surface area contributed by atoms with Gasteiger partial charge in [0.25, 0.3) is 0 Å². The van der Waals surface area contributed by atoms with Crippen molar-refractivity contribution in [1.82, 2.24) is 25.5 Å². The number of imidazole rings is 1. The molecule has 194 valence electrons. The van der Waals surface area contributed by atoms with Crippen LogP contribution in [0.1, 0.15) is 44.2 Å². The molecule has 1 aromatic rings. The predicted molar refractivity (Wildman–Crippen MR) is 122 cm³/mol. The molecule has 0 aliphatic carbocycles. The third kappa shape index (κ3) is 8.33. The number of H-pyrrole nitrogens is 1. The largest absolute Gasteiger partial charge is 0.481 e. The summed E-state index contributed by atoms with van der Waals surface area (Å²) in [6.45, 7) is 0.642. The van der Waals surface area contributed by atoms with Crippen LogP contribution in [0.5, 0.6) is 0 Å². The van der Waals surface area contributed by atoms with Crippen molar-refractivity contribution in [2.75, 3.05) is 13.1 Å². The second-order valence-electron chi connectivity index (χ2n) is 8.42. The Hall–Kier alpha value is -3.52. The van der Waals surface area contributed by atoms with Crippen LogP contribution in [0, 0.1) is 0 Å². The number of hydrogen-bond acceptors (Lipinski definition) is 8. The lowest BCUT2D eigenvalue weighted by atomic mass is 10.1. The van der Waals surface area contributed by atoms with Crippen LogP contribution in [0.25, 0.3) is 0 Å². The highest BCUT2D eigenvalue weighted by molar-refractivity contribution is 5.95. The van der Waals surface area contributed by atoms with Gasteiger partial charge in [0.05, 0.1) is 18.8 Å². The van der Waals surface area contributed by atoms with Crippen molar-refractivity contribution in [3.05, 3.63) is 18.2 Å². The number of carbonyl (C=O) groups excluding carboxylic acids is 3. The van der Waals surface area contributed by atoms with Crippen molar-refractivity contribution in [2.45, 2.75) is 69.1 Å². The lowest BCUT2D eigenvalue weighted by molar-refractivity contribution is -0.145. The maximum atomic E-state index is 13.4. The second-order valence-corrected chi connectivity index (χ2v) is 8.42. The van der Waals surface area contributed by atoms with E-state index in [1.165, 1.54) is 17.4 Å². The molecule has 0 aromatic carbocycles. The molecule has 14 heteroatoms. The average Bonchev–Trinajstić information content (AvgIpc) is 3.49. The molecule has 0 saturated carbocycles. The van der Waals surface area contributed by atoms with Gasteiger partial charge in [0.15, 0.2) is 0 Å². The van der Waals surface area contributed by atoms with Crippen molar-refractivity contribution < 1.29 is 34.2 Å². The summed E-state index contributed by atoms with van der Waals surface area (Å²) in [6, 6.07) is -4.53. The van der Waals surface area contributed by atoms with Crippen LogP contribution in [-0.4, -0.2) is 92.0 Å². The molecule has 2 rings (SSSR count). The number of nitrogens with one attached hydrogen (secondary N) is 3. The first-order valence-corrected chi connectivity index (χ1v) is 11.4. The van der Waals surface area contributed by atoms with E-state index in [4.69, 9.17) is 16.6 Å². The maximum Gasteiger partial charge on any atom is 0.326 e. The van der Waals surface area contributed by atoms with Crippen molar-refractivity contribution in [1.29, 1.82) is 0 Å². The Bertz CT molecular complexity index is 893. The van der Waals surface area contributed by atoms with Gasteiger partial charge in [-0.1, -0.05) is 0 Å². The quantitative estimate of drug-likeness (QED) is 0.139. The number of aliphatic carboxylic acids is 2. The maximum absolute atomic E-state index is 13.4. The SMILES string of the molecule is NCCCCC(NC(=O)C1CCCN1C(=O)C(Cc1cnc[nH]1)NC(=O)C(N)CC(=O)O)C(=O)O. The van der Waals surface area contributed by atoms with E-state index >= 15 is 0 Å². The van der Waals surface area contributed by atoms with Gasteiger partial charge in [-0.3, -0.25) is 19.2 Å². The van der Waals surface area contributed by atoms with Crippen LogP contribution in [0.3, 0.4) is 0 Å². The molecule has 3 amide bonds. The lowest BCUT2D eigenvalue weighted by Crippen LogP contribution is -2.57. The minimum atomic E-state index is -1.37. The lowest BCUT2D eigenvalue weighted by Gasteiger charge is -2.29. The van der Waals surface area contributed by atoms with Crippen molar-refractivity contribution in [3.63, 3.8) is 0 Å². The van der Waals surface area contributed by atoms with Crippen LogP contribution in [0.2, 0.25) is 0 Å². The van der Waals surface area contributed by atoms with Gasteiger partial charge in [-0.25, -0.2) is 9.78 Å². The minimum absolute atomic E-state index is 0.00600. The van der Waals surface area contributed by atoms with E-state index in [2.05, 4.69) is 20.6 Å². The summed E-state index contributed by atoms with van der Waals surface area (Å²) in [5.41, 5.74) is 11.6. The third-order valence-electron chi connectivity index (χ3n) is 5.72. The Kier molecular flexibility index (Phi) is 10.6. The summed E-state index contributed by atoms with van der Waals surface area (Å²) in [5.74, 6) is -4.42. The molecule has 4 atom stereocenters. The molecule has 35 heavy (non-hydrogen) atoms. The van der Waals surface area contributed by atoms with Gasteiger partial charge < -0.3 is 42.2 Å². The summed E-state index contributed by atoms with van der Waals surface area (Å²) in [5, 5.41) is 23.3. The number of aromatic amines is 1. The number of aromatic nitrogens is 2. The van der Waals surface area contributed by atoms with E-state index in [9.17, 15) is 29.1 Å². The molecule has 1 aliphatic rings.